The van der Waals surface area contributed by atoms with Crippen LogP contribution in [0.2, 0.25) is 0 Å². The molecule has 1 atom stereocenters. The van der Waals surface area contributed by atoms with Crippen molar-refractivity contribution in [2.24, 2.45) is 0 Å². The van der Waals surface area contributed by atoms with Gasteiger partial charge in [-0.2, -0.15) is 13.2 Å². The molecule has 3 aromatic carbocycles. The average Bonchev–Trinajstić information content (AvgIpc) is 3.44. The van der Waals surface area contributed by atoms with E-state index in [4.69, 9.17) is 9.26 Å². The monoisotopic (exact) mass is 589 g/mol. The van der Waals surface area contributed by atoms with Crippen LogP contribution in [-0.4, -0.2) is 65.5 Å². The van der Waals surface area contributed by atoms with E-state index in [1.54, 1.807) is 30.3 Å². The molecule has 4 aromatic rings. The normalized spacial score (nSPS) is 17.4. The molecule has 6 nitrogen and oxygen atoms in total. The van der Waals surface area contributed by atoms with Gasteiger partial charge in [0.15, 0.2) is 11.5 Å². The van der Waals surface area contributed by atoms with Crippen molar-refractivity contribution in [1.29, 1.82) is 0 Å². The molecule has 43 heavy (non-hydrogen) atoms. The molecule has 1 aliphatic carbocycles. The lowest BCUT2D eigenvalue weighted by molar-refractivity contribution is -0.142. The third-order valence-corrected chi connectivity index (χ3v) is 8.20. The highest BCUT2D eigenvalue weighted by Crippen LogP contribution is 2.37. The van der Waals surface area contributed by atoms with Crippen LogP contribution >= 0.6 is 0 Å². The number of aliphatic hydroxyl groups is 1. The number of hydrogen-bond acceptors (Lipinski definition) is 6. The van der Waals surface area contributed by atoms with Crippen molar-refractivity contribution >= 4 is 12.2 Å². The van der Waals surface area contributed by atoms with Crippen molar-refractivity contribution in [3.8, 4) is 5.75 Å². The Kier molecular flexibility index (Phi) is 8.65. The number of piperazine rings is 1. The van der Waals surface area contributed by atoms with Gasteiger partial charge >= 0.3 is 6.18 Å². The number of rotatable bonds is 8. The van der Waals surface area contributed by atoms with Crippen LogP contribution in [0.4, 0.5) is 13.2 Å². The van der Waals surface area contributed by atoms with E-state index in [9.17, 15) is 18.3 Å². The Bertz CT molecular complexity index is 1510. The molecule has 0 spiro atoms. The topological polar surface area (TPSA) is 62.0 Å². The number of nitrogens with zero attached hydrogens (tertiary/aromatic N) is 3. The zero-order chi connectivity index (χ0) is 29.8. The van der Waals surface area contributed by atoms with E-state index in [2.05, 4.69) is 63.5 Å². The van der Waals surface area contributed by atoms with E-state index < -0.39 is 18.0 Å². The lowest BCUT2D eigenvalue weighted by Gasteiger charge is -2.40. The maximum Gasteiger partial charge on any atom is 0.436 e. The molecule has 9 heteroatoms. The third kappa shape index (κ3) is 6.85. The van der Waals surface area contributed by atoms with Gasteiger partial charge in [0.2, 0.25) is 0 Å². The predicted octanol–water partition coefficient (Wildman–Crippen LogP) is 6.11. The van der Waals surface area contributed by atoms with Crippen LogP contribution in [0.25, 0.3) is 12.2 Å². The van der Waals surface area contributed by atoms with Crippen LogP contribution in [0.15, 0.2) is 83.4 Å². The molecule has 2 heterocycles. The summed E-state index contributed by atoms with van der Waals surface area (Å²) in [6.07, 6.45) is -0.157. The van der Waals surface area contributed by atoms with Crippen LogP contribution in [0, 0.1) is 0 Å². The van der Waals surface area contributed by atoms with Crippen LogP contribution < -0.4 is 4.74 Å². The number of fused-ring (bicyclic) bond motifs is 2. The summed E-state index contributed by atoms with van der Waals surface area (Å²) in [5.74, 6) is 0.501. The molecule has 0 radical (unpaired) electrons. The summed E-state index contributed by atoms with van der Waals surface area (Å²) >= 11 is 0. The lowest BCUT2D eigenvalue weighted by atomic mass is 9.92. The number of ether oxygens (including phenoxy) is 1. The highest BCUT2D eigenvalue weighted by molar-refractivity contribution is 5.70. The third-order valence-electron chi connectivity index (χ3n) is 8.20. The standard InChI is InChI=1S/C34H34F3N3O3/c35-34(36,37)32-21-28(43-38-32)16-15-26-9-3-6-12-31(26)42-23-27(41)22-39-17-19-40(20-18-39)33-29-10-4-1-7-24(29)13-14-25-8-2-5-11-30(25)33/h1-12,15-16,21,27,33,41H,13-14,17-20,22-23H2/b16-15+. The van der Waals surface area contributed by atoms with Gasteiger partial charge in [0, 0.05) is 44.4 Å². The first-order chi connectivity index (χ1) is 20.8. The zero-order valence-corrected chi connectivity index (χ0v) is 23.7. The molecule has 1 aromatic heterocycles. The Labute approximate surface area is 249 Å². The molecule has 1 unspecified atom stereocenters. The molecule has 0 saturated carbocycles. The predicted molar refractivity (Wildman–Crippen MR) is 159 cm³/mol. The fourth-order valence-corrected chi connectivity index (χ4v) is 6.05. The minimum absolute atomic E-state index is 0.0165. The van der Waals surface area contributed by atoms with Crippen molar-refractivity contribution in [1.82, 2.24) is 15.0 Å². The molecule has 1 N–H and O–H groups in total. The largest absolute Gasteiger partial charge is 0.490 e. The van der Waals surface area contributed by atoms with Gasteiger partial charge < -0.3 is 14.4 Å². The summed E-state index contributed by atoms with van der Waals surface area (Å²) in [7, 11) is 0. The first-order valence-electron chi connectivity index (χ1n) is 14.6. The van der Waals surface area contributed by atoms with Crippen molar-refractivity contribution < 1.29 is 27.5 Å². The zero-order valence-electron chi connectivity index (χ0n) is 23.7. The second-order valence-electron chi connectivity index (χ2n) is 11.1. The van der Waals surface area contributed by atoms with E-state index in [1.807, 2.05) is 0 Å². The molecule has 1 aliphatic heterocycles. The first-order valence-corrected chi connectivity index (χ1v) is 14.6. The molecular weight excluding hydrogens is 555 g/mol. The number of hydrogen-bond donors (Lipinski definition) is 1. The van der Waals surface area contributed by atoms with Gasteiger partial charge in [-0.3, -0.25) is 9.80 Å². The molecular formula is C34H34F3N3O3. The molecule has 0 amide bonds. The number of aliphatic hydroxyl groups excluding tert-OH is 1. The summed E-state index contributed by atoms with van der Waals surface area (Å²) in [4.78, 5) is 4.84. The number of aromatic nitrogens is 1. The number of β-amino-alcohol motifs (C(OH)–C–C–N with tert-alkyl or cyclic N) is 1. The Morgan fingerprint density at radius 3 is 2.16 bits per heavy atom. The number of halogens is 3. The van der Waals surface area contributed by atoms with Gasteiger partial charge in [0.25, 0.3) is 0 Å². The second kappa shape index (κ2) is 12.8. The summed E-state index contributed by atoms with van der Waals surface area (Å²) in [5, 5.41) is 13.9. The number of benzene rings is 3. The van der Waals surface area contributed by atoms with Crippen LogP contribution in [0.3, 0.4) is 0 Å². The Balaban J connectivity index is 1.04. The van der Waals surface area contributed by atoms with Gasteiger partial charge in [0.05, 0.1) is 6.04 Å². The van der Waals surface area contributed by atoms with Crippen molar-refractivity contribution in [3.63, 3.8) is 0 Å². The highest BCUT2D eigenvalue weighted by atomic mass is 19.4. The fourth-order valence-electron chi connectivity index (χ4n) is 6.05. The SMILES string of the molecule is OC(COc1ccccc1/C=C/c1cc(C(F)(F)F)no1)CN1CCN(C2c3ccccc3CCc3ccccc32)CC1. The Morgan fingerprint density at radius 2 is 1.51 bits per heavy atom. The number of aryl methyl sites for hydroxylation is 2. The molecule has 2 aliphatic rings. The molecule has 1 fully saturated rings. The van der Waals surface area contributed by atoms with Gasteiger partial charge in [-0.25, -0.2) is 0 Å². The van der Waals surface area contributed by atoms with E-state index in [0.717, 1.165) is 45.1 Å². The Morgan fingerprint density at radius 1 is 0.884 bits per heavy atom. The minimum atomic E-state index is -4.56. The van der Waals surface area contributed by atoms with E-state index in [0.29, 0.717) is 17.9 Å². The summed E-state index contributed by atoms with van der Waals surface area (Å²) in [5.41, 5.74) is 5.19. The molecule has 6 rings (SSSR count). The quantitative estimate of drug-likeness (QED) is 0.268. The first kappa shape index (κ1) is 29.2. The van der Waals surface area contributed by atoms with Crippen molar-refractivity contribution in [2.45, 2.75) is 31.2 Å². The van der Waals surface area contributed by atoms with E-state index in [-0.39, 0.29) is 18.4 Å². The van der Waals surface area contributed by atoms with Gasteiger partial charge in [-0.1, -0.05) is 71.9 Å². The van der Waals surface area contributed by atoms with Crippen molar-refractivity contribution in [2.75, 3.05) is 39.3 Å². The highest BCUT2D eigenvalue weighted by Gasteiger charge is 2.35. The fraction of sp³-hybridized carbons (Fsp3) is 0.324. The summed E-state index contributed by atoms with van der Waals surface area (Å²) in [6.45, 7) is 4.05. The average molecular weight is 590 g/mol. The van der Waals surface area contributed by atoms with Gasteiger partial charge in [-0.05, 0) is 53.3 Å². The van der Waals surface area contributed by atoms with Gasteiger partial charge in [0.1, 0.15) is 18.5 Å². The van der Waals surface area contributed by atoms with Gasteiger partial charge in [-0.15, -0.1) is 0 Å². The lowest BCUT2D eigenvalue weighted by Crippen LogP contribution is -2.50. The second-order valence-corrected chi connectivity index (χ2v) is 11.1. The van der Waals surface area contributed by atoms with Crippen LogP contribution in [-0.2, 0) is 19.0 Å². The summed E-state index contributed by atoms with van der Waals surface area (Å²) in [6, 6.07) is 25.8. The van der Waals surface area contributed by atoms with Crippen molar-refractivity contribution in [3.05, 3.63) is 118 Å². The maximum absolute atomic E-state index is 12.8. The summed E-state index contributed by atoms with van der Waals surface area (Å²) < 4.78 is 49.1. The Hall–Kier alpha value is -3.92. The molecule has 224 valence electrons. The van der Waals surface area contributed by atoms with Crippen LogP contribution in [0.1, 0.15) is 45.3 Å². The maximum atomic E-state index is 12.8. The number of para-hydroxylation sites is 1. The molecule has 1 saturated heterocycles. The minimum Gasteiger partial charge on any atom is -0.490 e. The number of alkyl halides is 3. The van der Waals surface area contributed by atoms with E-state index >= 15 is 0 Å². The molecule has 0 bridgehead atoms. The van der Waals surface area contributed by atoms with E-state index in [1.165, 1.54) is 28.3 Å². The smallest absolute Gasteiger partial charge is 0.436 e. The van der Waals surface area contributed by atoms with Crippen LogP contribution in [0.5, 0.6) is 5.75 Å².